The average molecular weight is 250 g/mol. The van der Waals surface area contributed by atoms with E-state index in [0.717, 1.165) is 17.9 Å². The Morgan fingerprint density at radius 3 is 2.41 bits per heavy atom. The minimum Gasteiger partial charge on any atom is -0.320 e. The van der Waals surface area contributed by atoms with Crippen molar-refractivity contribution in [1.29, 1.82) is 0 Å². The monoisotopic (exact) mass is 250 g/mol. The van der Waals surface area contributed by atoms with Crippen LogP contribution in [0.2, 0.25) is 0 Å². The van der Waals surface area contributed by atoms with E-state index in [-0.39, 0.29) is 5.70 Å². The minimum atomic E-state index is -4.71. The number of halogens is 3. The van der Waals surface area contributed by atoms with Crippen molar-refractivity contribution in [3.05, 3.63) is 11.8 Å². The van der Waals surface area contributed by atoms with Gasteiger partial charge in [0.15, 0.2) is 5.54 Å². The van der Waals surface area contributed by atoms with E-state index in [4.69, 9.17) is 0 Å². The van der Waals surface area contributed by atoms with Crippen molar-refractivity contribution in [2.75, 3.05) is 7.05 Å². The zero-order valence-electron chi connectivity index (χ0n) is 9.68. The molecular weight excluding hydrogens is 237 g/mol. The van der Waals surface area contributed by atoms with Crippen molar-refractivity contribution in [1.82, 2.24) is 10.2 Å². The third-order valence-electron chi connectivity index (χ3n) is 2.65. The van der Waals surface area contributed by atoms with Crippen LogP contribution in [0, 0.1) is 0 Å². The zero-order valence-corrected chi connectivity index (χ0v) is 9.68. The predicted octanol–water partition coefficient (Wildman–Crippen LogP) is 1.83. The number of nitrogens with zero attached hydrogens (tertiary/aromatic N) is 1. The number of alkyl halides is 3. The highest BCUT2D eigenvalue weighted by molar-refractivity contribution is 5.83. The van der Waals surface area contributed by atoms with E-state index in [9.17, 15) is 22.8 Å². The number of ketones is 1. The van der Waals surface area contributed by atoms with Crippen LogP contribution < -0.4 is 5.32 Å². The fourth-order valence-electron chi connectivity index (χ4n) is 1.67. The fraction of sp³-hybridized carbons (Fsp3) is 0.600. The summed E-state index contributed by atoms with van der Waals surface area (Å²) in [4.78, 5) is 23.4. The highest BCUT2D eigenvalue weighted by atomic mass is 19.4. The molecule has 0 aliphatic carbocycles. The Hall–Kier alpha value is -1.53. The van der Waals surface area contributed by atoms with Crippen molar-refractivity contribution < 1.29 is 22.8 Å². The lowest BCUT2D eigenvalue weighted by molar-refractivity contribution is -0.183. The summed E-state index contributed by atoms with van der Waals surface area (Å²) in [6, 6.07) is -0.872. The molecule has 0 aromatic carbocycles. The maximum absolute atomic E-state index is 13.0. The predicted molar refractivity (Wildman–Crippen MR) is 54.1 cm³/mol. The van der Waals surface area contributed by atoms with Gasteiger partial charge in [-0.15, -0.1) is 0 Å². The summed E-state index contributed by atoms with van der Waals surface area (Å²) in [5.74, 6) is -0.642. The quantitative estimate of drug-likeness (QED) is 0.812. The third-order valence-corrected chi connectivity index (χ3v) is 2.65. The van der Waals surface area contributed by atoms with Crippen LogP contribution in [0.3, 0.4) is 0 Å². The molecule has 0 radical (unpaired) electrons. The lowest BCUT2D eigenvalue weighted by Gasteiger charge is -2.39. The van der Waals surface area contributed by atoms with E-state index in [0.29, 0.717) is 0 Å². The number of nitrogens with one attached hydrogen (secondary N) is 1. The van der Waals surface area contributed by atoms with Gasteiger partial charge in [-0.1, -0.05) is 0 Å². The van der Waals surface area contributed by atoms with Crippen LogP contribution >= 0.6 is 0 Å². The molecule has 4 nitrogen and oxygen atoms in total. The first-order valence-electron chi connectivity index (χ1n) is 4.90. The van der Waals surface area contributed by atoms with Crippen LogP contribution in [0.1, 0.15) is 20.3 Å². The topological polar surface area (TPSA) is 49.4 Å². The SMILES string of the molecule is CC(=O)C[C@@]1(C(F)(F)F)C=C(C)N(C)C(=O)N1. The van der Waals surface area contributed by atoms with Gasteiger partial charge < -0.3 is 10.2 Å². The molecule has 17 heavy (non-hydrogen) atoms. The molecule has 1 N–H and O–H groups in total. The fourth-order valence-corrected chi connectivity index (χ4v) is 1.67. The van der Waals surface area contributed by atoms with Crippen LogP contribution in [0.25, 0.3) is 0 Å². The Kier molecular flexibility index (Phi) is 3.22. The van der Waals surface area contributed by atoms with Gasteiger partial charge in [-0.3, -0.25) is 4.79 Å². The van der Waals surface area contributed by atoms with Crippen molar-refractivity contribution >= 4 is 11.8 Å². The molecule has 1 aliphatic heterocycles. The third kappa shape index (κ3) is 2.42. The van der Waals surface area contributed by atoms with Gasteiger partial charge >= 0.3 is 12.2 Å². The maximum atomic E-state index is 13.0. The molecule has 0 saturated carbocycles. The normalized spacial score (nSPS) is 25.4. The second-order valence-electron chi connectivity index (χ2n) is 4.12. The number of carbonyl (C=O) groups is 2. The van der Waals surface area contributed by atoms with E-state index >= 15 is 0 Å². The number of carbonyl (C=O) groups excluding carboxylic acids is 2. The standard InChI is InChI=1S/C10H13F3N2O2/c1-6-4-9(5-7(2)16,10(11,12)13)14-8(17)15(6)3/h4H,5H2,1-3H3,(H,14,17)/t9-/m1/s1. The minimum absolute atomic E-state index is 0.160. The number of rotatable bonds is 2. The van der Waals surface area contributed by atoms with Crippen LogP contribution in [0.15, 0.2) is 11.8 Å². The highest BCUT2D eigenvalue weighted by Crippen LogP contribution is 2.37. The van der Waals surface area contributed by atoms with E-state index in [1.165, 1.54) is 14.0 Å². The van der Waals surface area contributed by atoms with Gasteiger partial charge in [0.05, 0.1) is 0 Å². The van der Waals surface area contributed by atoms with Gasteiger partial charge in [0.25, 0.3) is 0 Å². The summed E-state index contributed by atoms with van der Waals surface area (Å²) in [5, 5.41) is 1.85. The Bertz CT molecular complexity index is 390. The van der Waals surface area contributed by atoms with Gasteiger partial charge in [0.1, 0.15) is 5.78 Å². The Labute approximate surface area is 96.5 Å². The van der Waals surface area contributed by atoms with Crippen molar-refractivity contribution in [3.63, 3.8) is 0 Å². The highest BCUT2D eigenvalue weighted by Gasteiger charge is 2.57. The summed E-state index contributed by atoms with van der Waals surface area (Å²) in [6.45, 7) is 2.44. The van der Waals surface area contributed by atoms with Gasteiger partial charge in [0.2, 0.25) is 0 Å². The molecule has 0 spiro atoms. The number of urea groups is 1. The summed E-state index contributed by atoms with van der Waals surface area (Å²) in [5.41, 5.74) is -2.43. The first-order valence-corrected chi connectivity index (χ1v) is 4.90. The first kappa shape index (κ1) is 13.5. The van der Waals surface area contributed by atoms with Gasteiger partial charge in [-0.25, -0.2) is 4.79 Å². The lowest BCUT2D eigenvalue weighted by Crippen LogP contribution is -2.63. The molecule has 1 heterocycles. The lowest BCUT2D eigenvalue weighted by atomic mass is 9.89. The molecular formula is C10H13F3N2O2. The zero-order chi connectivity index (χ0) is 13.4. The Balaban J connectivity index is 3.26. The average Bonchev–Trinajstić information content (AvgIpc) is 2.11. The molecule has 1 rings (SSSR count). The van der Waals surface area contributed by atoms with E-state index in [2.05, 4.69) is 0 Å². The number of allylic oxidation sites excluding steroid dienone is 1. The maximum Gasteiger partial charge on any atom is 0.415 e. The number of hydrogen-bond donors (Lipinski definition) is 1. The number of amides is 2. The van der Waals surface area contributed by atoms with Crippen LogP contribution in [-0.4, -0.2) is 35.5 Å². The molecule has 0 saturated heterocycles. The van der Waals surface area contributed by atoms with Crippen molar-refractivity contribution in [2.24, 2.45) is 0 Å². The Morgan fingerprint density at radius 2 is 2.06 bits per heavy atom. The first-order chi connectivity index (χ1) is 7.59. The number of Topliss-reactive ketones (excluding diaryl/α,β-unsaturated/α-hetero) is 1. The number of hydrogen-bond acceptors (Lipinski definition) is 2. The molecule has 96 valence electrons. The molecule has 0 unspecified atom stereocenters. The largest absolute Gasteiger partial charge is 0.415 e. The Morgan fingerprint density at radius 1 is 1.53 bits per heavy atom. The van der Waals surface area contributed by atoms with Crippen LogP contribution in [0.4, 0.5) is 18.0 Å². The van der Waals surface area contributed by atoms with Gasteiger partial charge in [-0.2, -0.15) is 13.2 Å². The smallest absolute Gasteiger partial charge is 0.320 e. The van der Waals surface area contributed by atoms with E-state index in [1.807, 2.05) is 5.32 Å². The van der Waals surface area contributed by atoms with E-state index in [1.54, 1.807) is 0 Å². The summed E-state index contributed by atoms with van der Waals surface area (Å²) in [7, 11) is 1.36. The molecule has 1 atom stereocenters. The molecule has 0 aromatic rings. The van der Waals surface area contributed by atoms with Crippen molar-refractivity contribution in [2.45, 2.75) is 32.0 Å². The van der Waals surface area contributed by atoms with E-state index < -0.39 is 30.0 Å². The summed E-state index contributed by atoms with van der Waals surface area (Å²) in [6.07, 6.45) is -4.64. The molecule has 0 fully saturated rings. The second-order valence-corrected chi connectivity index (χ2v) is 4.12. The second kappa shape index (κ2) is 4.05. The van der Waals surface area contributed by atoms with Crippen LogP contribution in [-0.2, 0) is 4.79 Å². The summed E-state index contributed by atoms with van der Waals surface area (Å²) < 4.78 is 39.0. The van der Waals surface area contributed by atoms with Gasteiger partial charge in [0, 0.05) is 19.2 Å². The van der Waals surface area contributed by atoms with Crippen molar-refractivity contribution in [3.8, 4) is 0 Å². The summed E-state index contributed by atoms with van der Waals surface area (Å²) >= 11 is 0. The molecule has 0 aromatic heterocycles. The molecule has 7 heteroatoms. The van der Waals surface area contributed by atoms with Gasteiger partial charge in [-0.05, 0) is 19.9 Å². The molecule has 2 amide bonds. The molecule has 1 aliphatic rings. The molecule has 0 bridgehead atoms. The van der Waals surface area contributed by atoms with Crippen LogP contribution in [0.5, 0.6) is 0 Å².